The van der Waals surface area contributed by atoms with Gasteiger partial charge in [0.25, 0.3) is 11.8 Å². The van der Waals surface area contributed by atoms with E-state index in [0.29, 0.717) is 24.9 Å². The third kappa shape index (κ3) is 36.6. The van der Waals surface area contributed by atoms with E-state index in [4.69, 9.17) is 35.2 Å². The number of aryl methyl sites for hydroxylation is 6. The van der Waals surface area contributed by atoms with Crippen molar-refractivity contribution in [2.75, 3.05) is 39.5 Å². The van der Waals surface area contributed by atoms with Gasteiger partial charge in [-0.3, -0.25) is 33.6 Å². The fourth-order valence-corrected chi connectivity index (χ4v) is 7.71. The van der Waals surface area contributed by atoms with E-state index in [1.165, 1.54) is 0 Å². The Bertz CT molecular complexity index is 2660. The maximum atomic E-state index is 12.4. The van der Waals surface area contributed by atoms with E-state index in [2.05, 4.69) is 33.7 Å². The van der Waals surface area contributed by atoms with Crippen LogP contribution in [0.3, 0.4) is 0 Å². The van der Waals surface area contributed by atoms with Gasteiger partial charge in [-0.05, 0) is 80.2 Å². The first-order valence-corrected chi connectivity index (χ1v) is 27.1. The number of nitrogens with one attached hydrogen (secondary N) is 2. The number of hydroxylamine groups is 2. The average Bonchev–Trinajstić information content (AvgIpc) is 3.85. The number of nitrogens with two attached hydrogens (primary N) is 2. The van der Waals surface area contributed by atoms with Gasteiger partial charge in [0.2, 0.25) is 0 Å². The molecule has 3 radical (unpaired) electrons. The predicted molar refractivity (Wildman–Crippen MR) is 304 cm³/mol. The third-order valence-electron chi connectivity index (χ3n) is 11.4. The van der Waals surface area contributed by atoms with Crippen LogP contribution in [0.15, 0.2) is 36.4 Å². The smallest absolute Gasteiger partial charge is 0.408 e. The molecule has 0 bridgehead atoms. The van der Waals surface area contributed by atoms with Crippen molar-refractivity contribution in [3.63, 3.8) is 0 Å². The summed E-state index contributed by atoms with van der Waals surface area (Å²) < 4.78 is 24.9. The summed E-state index contributed by atoms with van der Waals surface area (Å²) in [5, 5.41) is 5.04. The topological polar surface area (TPSA) is 305 Å². The van der Waals surface area contributed by atoms with Gasteiger partial charge < -0.3 is 50.6 Å². The largest absolute Gasteiger partial charge is 0.466 e. The second kappa shape index (κ2) is 43.4. The van der Waals surface area contributed by atoms with E-state index in [0.717, 1.165) is 50.1 Å². The Morgan fingerprint density at radius 1 is 0.529 bits per heavy atom. The number of hydrogen-bond acceptors (Lipinski definition) is 18. The third-order valence-corrected chi connectivity index (χ3v) is 11.4. The summed E-state index contributed by atoms with van der Waals surface area (Å²) >= 11 is 0. The van der Waals surface area contributed by atoms with E-state index in [-0.39, 0.29) is 204 Å². The Morgan fingerprint density at radius 2 is 0.871 bits per heavy atom. The van der Waals surface area contributed by atoms with Crippen molar-refractivity contribution in [3.8, 4) is 0 Å². The van der Waals surface area contributed by atoms with E-state index >= 15 is 0 Å². The van der Waals surface area contributed by atoms with Crippen molar-refractivity contribution in [2.24, 2.45) is 11.5 Å². The summed E-state index contributed by atoms with van der Waals surface area (Å²) in [6.07, 6.45) is -0.507. The maximum absolute atomic E-state index is 12.4. The van der Waals surface area contributed by atoms with Crippen LogP contribution in [0.2, 0.25) is 0 Å². The van der Waals surface area contributed by atoms with Gasteiger partial charge in [0.15, 0.2) is 5.78 Å². The fourth-order valence-electron chi connectivity index (χ4n) is 7.71. The molecule has 3 atom stereocenters. The number of alkyl carbamates (subject to hydrolysis) is 2. The number of ketones is 2. The molecule has 463 valence electrons. The number of esters is 3. The van der Waals surface area contributed by atoms with Gasteiger partial charge in [-0.25, -0.2) is 14.4 Å². The Hall–Kier alpha value is -4.21. The molecule has 3 aromatic carbocycles. The van der Waals surface area contributed by atoms with Crippen molar-refractivity contribution in [1.82, 2.24) is 15.7 Å². The zero-order valence-corrected chi connectivity index (χ0v) is 60.8. The van der Waals surface area contributed by atoms with Crippen LogP contribution < -0.4 is 22.1 Å². The van der Waals surface area contributed by atoms with Gasteiger partial charge in [-0.2, -0.15) is 88.0 Å². The maximum Gasteiger partial charge on any atom is 0.408 e. The molecule has 21 nitrogen and oxygen atoms in total. The van der Waals surface area contributed by atoms with Crippen molar-refractivity contribution in [3.05, 3.63) is 105 Å². The van der Waals surface area contributed by atoms with Crippen LogP contribution in [0.5, 0.6) is 0 Å². The number of nitrogens with zero attached hydrogens (tertiary/aromatic N) is 1. The SMILES string of the molecule is CC(C)(C)OC(=O)NCC(=O)ON1C(=O)CCC1=O.CCOC(=O)CC(CC(=O)CN)c1cc(C)c[c-]c1C.CCOC(=O)CC(CC(=O)CNC(=O)OC(C)(C)C)c1cc(C)c[c-]c1C.CCOC(=O)CC(N)c1cc(C)c[c-]c1C.[Y].[Y].[Y]. The van der Waals surface area contributed by atoms with Crippen molar-refractivity contribution < 1.29 is 175 Å². The molecule has 0 spiro atoms. The van der Waals surface area contributed by atoms with Gasteiger partial charge >= 0.3 is 36.1 Å². The minimum Gasteiger partial charge on any atom is -0.466 e. The fraction of sp³-hybridized carbons (Fsp3) is 0.541. The molecule has 6 N–H and O–H groups in total. The minimum absolute atomic E-state index is 0. The summed E-state index contributed by atoms with van der Waals surface area (Å²) in [6.45, 7) is 27.6. The van der Waals surface area contributed by atoms with Gasteiger partial charge in [0.1, 0.15) is 23.5 Å². The number of rotatable bonds is 22. The van der Waals surface area contributed by atoms with Gasteiger partial charge in [0.05, 0.1) is 39.3 Å². The van der Waals surface area contributed by atoms with Gasteiger partial charge in [-0.1, -0.05) is 41.5 Å². The second-order valence-electron chi connectivity index (χ2n) is 21.2. The summed E-state index contributed by atoms with van der Waals surface area (Å²) in [5.74, 6) is -3.72. The minimum atomic E-state index is -0.922. The van der Waals surface area contributed by atoms with Crippen LogP contribution in [0.4, 0.5) is 9.59 Å². The molecular formula is C61H86N5O16Y3-3. The van der Waals surface area contributed by atoms with Crippen molar-refractivity contribution >= 4 is 59.4 Å². The number of ether oxygens (including phenoxy) is 5. The summed E-state index contributed by atoms with van der Waals surface area (Å²) in [5.41, 5.74) is 18.9. The normalized spacial score (nSPS) is 12.5. The first-order valence-electron chi connectivity index (χ1n) is 27.1. The predicted octanol–water partition coefficient (Wildman–Crippen LogP) is 7.85. The number of amides is 4. The van der Waals surface area contributed by atoms with Gasteiger partial charge in [0, 0.05) is 137 Å². The van der Waals surface area contributed by atoms with Crippen molar-refractivity contribution in [2.45, 2.75) is 178 Å². The molecule has 4 amide bonds. The van der Waals surface area contributed by atoms with E-state index in [9.17, 15) is 47.9 Å². The van der Waals surface area contributed by atoms with E-state index in [1.807, 2.05) is 77.9 Å². The molecule has 0 saturated carbocycles. The zero-order chi connectivity index (χ0) is 62.5. The Labute approximate surface area is 577 Å². The monoisotopic (exact) mass is 1410 g/mol. The molecule has 1 aliphatic rings. The molecule has 0 aliphatic carbocycles. The molecule has 85 heavy (non-hydrogen) atoms. The van der Waals surface area contributed by atoms with Crippen LogP contribution in [0.1, 0.15) is 175 Å². The number of carbonyl (C=O) groups is 10. The van der Waals surface area contributed by atoms with Crippen LogP contribution in [0, 0.1) is 59.7 Å². The molecule has 3 unspecified atom stereocenters. The molecule has 1 aliphatic heterocycles. The van der Waals surface area contributed by atoms with Crippen LogP contribution in [-0.4, -0.2) is 115 Å². The molecule has 0 aromatic heterocycles. The number of carbonyl (C=O) groups excluding carboxylic acids is 10. The standard InChI is InChI=1S/C21H30NO5.C16H22NO3.C13H18NO2.C11H16N2O6.3Y/c1-7-26-19(24)12-16(18-10-14(2)8-9-15(18)3)11-17(23)13-22-20(25)27-21(4,5)6;1-4-20-16(19)9-13(8-14(18)10-17)15-7-11(2)5-6-12(15)3;1-4-16-13(15)8-12(14)11-7-9(2)5-6-10(11)3;1-11(2,3)18-10(17)12-6-9(16)19-13-7(14)4-5-8(13)15;;;/h8,10,16H,7,11-13H2,1-6H3,(H,22,25);5,7,13H,4,8-10,17H2,1-3H3;5,7,12H,4,8,14H2,1-3H3;4-6H2,1-3H3,(H,12,17);;;/q3*-1;;;;. The molecular weight excluding hydrogens is 1330 g/mol. The number of hydrogen-bond donors (Lipinski definition) is 4. The molecule has 4 rings (SSSR count). The number of benzene rings is 3. The quantitative estimate of drug-likeness (QED) is 0.0322. The van der Waals surface area contributed by atoms with Crippen LogP contribution in [-0.2, 0) is 165 Å². The van der Waals surface area contributed by atoms with Gasteiger partial charge in [-0.15, -0.1) is 21.8 Å². The summed E-state index contributed by atoms with van der Waals surface area (Å²) in [6, 6.07) is 20.7. The van der Waals surface area contributed by atoms with Crippen molar-refractivity contribution in [1.29, 1.82) is 0 Å². The molecule has 1 saturated heterocycles. The van der Waals surface area contributed by atoms with Crippen LogP contribution in [0.25, 0.3) is 0 Å². The molecule has 24 heteroatoms. The zero-order valence-electron chi connectivity index (χ0n) is 52.3. The van der Waals surface area contributed by atoms with E-state index < -0.39 is 47.7 Å². The molecule has 1 fully saturated rings. The summed E-state index contributed by atoms with van der Waals surface area (Å²) in [7, 11) is 0. The number of Topliss-reactive ketones (excluding diaryl/α,β-unsaturated/α-hetero) is 2. The van der Waals surface area contributed by atoms with E-state index in [1.54, 1.807) is 62.3 Å². The summed E-state index contributed by atoms with van der Waals surface area (Å²) in [4.78, 5) is 120. The Balaban J connectivity index is -0.00000106. The Morgan fingerprint density at radius 3 is 1.24 bits per heavy atom. The Kier molecular flexibility index (Phi) is 43.4. The molecule has 3 aromatic rings. The average molecular weight is 1410 g/mol. The second-order valence-corrected chi connectivity index (χ2v) is 21.2. The number of imide groups is 1. The first kappa shape index (κ1) is 85.0. The van der Waals surface area contributed by atoms with Crippen LogP contribution >= 0.6 is 0 Å². The molecule has 1 heterocycles. The first-order chi connectivity index (χ1) is 38.2.